The summed E-state index contributed by atoms with van der Waals surface area (Å²) in [5.74, 6) is 0.166. The van der Waals surface area contributed by atoms with E-state index in [1.165, 1.54) is 23.1 Å². The van der Waals surface area contributed by atoms with Crippen molar-refractivity contribution in [2.24, 2.45) is 0 Å². The van der Waals surface area contributed by atoms with E-state index in [9.17, 15) is 23.1 Å². The third-order valence-electron chi connectivity index (χ3n) is 7.02. The monoisotopic (exact) mass is 630 g/mol. The maximum absolute atomic E-state index is 14.0. The molecule has 0 aliphatic heterocycles. The average molecular weight is 631 g/mol. The van der Waals surface area contributed by atoms with Crippen LogP contribution in [0.2, 0.25) is 0 Å². The number of aliphatic hydroxyl groups excluding tert-OH is 1. The number of aliphatic hydroxyl groups is 1. The van der Waals surface area contributed by atoms with Crippen LogP contribution in [0.5, 0.6) is 0 Å². The summed E-state index contributed by atoms with van der Waals surface area (Å²) in [5.41, 5.74) is 0.898. The summed E-state index contributed by atoms with van der Waals surface area (Å²) < 4.78 is 34.3. The van der Waals surface area contributed by atoms with E-state index in [0.29, 0.717) is 23.9 Å². The van der Waals surface area contributed by atoms with Gasteiger partial charge < -0.3 is 25.0 Å². The number of alkyl carbamates (subject to hydrolysis) is 1. The molecule has 1 heterocycles. The number of benzene rings is 2. The number of sulfonamides is 1. The first-order valence-corrected chi connectivity index (χ1v) is 16.0. The average Bonchev–Trinajstić information content (AvgIpc) is 3.60. The first kappa shape index (κ1) is 33.2. The molecule has 0 spiro atoms. The lowest BCUT2D eigenvalue weighted by atomic mass is 10.0. The van der Waals surface area contributed by atoms with Crippen molar-refractivity contribution >= 4 is 39.1 Å². The van der Waals surface area contributed by atoms with Crippen LogP contribution in [0, 0.1) is 0 Å². The van der Waals surface area contributed by atoms with Gasteiger partial charge in [-0.25, -0.2) is 23.0 Å². The Labute approximate surface area is 257 Å². The van der Waals surface area contributed by atoms with Crippen molar-refractivity contribution in [1.82, 2.24) is 24.7 Å². The molecule has 44 heavy (non-hydrogen) atoms. The van der Waals surface area contributed by atoms with Gasteiger partial charge in [0.15, 0.2) is 0 Å². The zero-order chi connectivity index (χ0) is 32.1. The fourth-order valence-electron chi connectivity index (χ4n) is 4.79. The minimum absolute atomic E-state index is 0.0935. The van der Waals surface area contributed by atoms with E-state index in [1.807, 2.05) is 30.3 Å². The zero-order valence-corrected chi connectivity index (χ0v) is 26.6. The number of aromatic amines is 1. The molecule has 1 aliphatic carbocycles. The molecular formula is C30H42N6O7S. The molecular weight excluding hydrogens is 588 g/mol. The number of carbonyl (C=O) groups is 2. The van der Waals surface area contributed by atoms with Gasteiger partial charge in [-0.2, -0.15) is 0 Å². The first-order chi connectivity index (χ1) is 20.7. The molecule has 3 amide bonds. The molecule has 2 aromatic carbocycles. The third kappa shape index (κ3) is 8.91. The molecule has 1 fully saturated rings. The van der Waals surface area contributed by atoms with Crippen LogP contribution in [0.3, 0.4) is 0 Å². The Bertz CT molecular complexity index is 1530. The number of hydroxylamine groups is 1. The number of imidazole rings is 1. The van der Waals surface area contributed by atoms with Crippen LogP contribution in [0.4, 0.5) is 15.5 Å². The molecule has 1 aromatic heterocycles. The van der Waals surface area contributed by atoms with E-state index < -0.39 is 46.4 Å². The van der Waals surface area contributed by atoms with Crippen molar-refractivity contribution in [2.75, 3.05) is 26.0 Å². The van der Waals surface area contributed by atoms with Gasteiger partial charge in [0.05, 0.1) is 40.7 Å². The number of hydrogen-bond acceptors (Lipinski definition) is 8. The van der Waals surface area contributed by atoms with Crippen LogP contribution in [0.1, 0.15) is 52.0 Å². The number of urea groups is 1. The van der Waals surface area contributed by atoms with Crippen LogP contribution in [-0.4, -0.2) is 89.5 Å². The van der Waals surface area contributed by atoms with Crippen LogP contribution in [-0.2, 0) is 26.0 Å². The number of aromatic nitrogens is 2. The first-order valence-electron chi connectivity index (χ1n) is 14.6. The van der Waals surface area contributed by atoms with Crippen molar-refractivity contribution in [3.63, 3.8) is 0 Å². The lowest BCUT2D eigenvalue weighted by Gasteiger charge is -2.31. The topological polar surface area (TPSA) is 166 Å². The normalized spacial score (nSPS) is 15.7. The van der Waals surface area contributed by atoms with Crippen LogP contribution >= 0.6 is 0 Å². The molecule has 0 unspecified atom stereocenters. The van der Waals surface area contributed by atoms with E-state index in [-0.39, 0.29) is 23.4 Å². The number of hydrogen-bond donors (Lipinski definition) is 4. The lowest BCUT2D eigenvalue weighted by molar-refractivity contribution is -0.145. The van der Waals surface area contributed by atoms with E-state index in [1.54, 1.807) is 34.9 Å². The van der Waals surface area contributed by atoms with Gasteiger partial charge in [0.1, 0.15) is 5.60 Å². The van der Waals surface area contributed by atoms with Gasteiger partial charge in [0, 0.05) is 14.1 Å². The molecule has 2 atom stereocenters. The minimum atomic E-state index is -4.30. The Hall–Kier alpha value is -3.72. The molecule has 14 heteroatoms. The minimum Gasteiger partial charge on any atom is -0.444 e. The van der Waals surface area contributed by atoms with Gasteiger partial charge >= 0.3 is 12.1 Å². The van der Waals surface area contributed by atoms with E-state index in [2.05, 4.69) is 20.6 Å². The predicted molar refractivity (Wildman–Crippen MR) is 165 cm³/mol. The van der Waals surface area contributed by atoms with Gasteiger partial charge in [0.25, 0.3) is 10.0 Å². The number of H-pyrrole nitrogens is 1. The van der Waals surface area contributed by atoms with Crippen LogP contribution in [0.15, 0.2) is 53.4 Å². The maximum Gasteiger partial charge on any atom is 0.407 e. The Morgan fingerprint density at radius 1 is 1.11 bits per heavy atom. The Morgan fingerprint density at radius 2 is 1.80 bits per heavy atom. The van der Waals surface area contributed by atoms with Gasteiger partial charge in [-0.05, 0) is 63.8 Å². The van der Waals surface area contributed by atoms with E-state index >= 15 is 0 Å². The Morgan fingerprint density at radius 3 is 2.43 bits per heavy atom. The highest BCUT2D eigenvalue weighted by atomic mass is 32.2. The van der Waals surface area contributed by atoms with Crippen molar-refractivity contribution in [1.29, 1.82) is 0 Å². The largest absolute Gasteiger partial charge is 0.444 e. The predicted octanol–water partition coefficient (Wildman–Crippen LogP) is 4.02. The molecule has 0 radical (unpaired) electrons. The molecule has 4 rings (SSSR count). The number of fused-ring (bicyclic) bond motifs is 1. The molecule has 4 N–H and O–H groups in total. The highest BCUT2D eigenvalue weighted by Gasteiger charge is 2.35. The summed E-state index contributed by atoms with van der Waals surface area (Å²) in [5, 5.41) is 16.8. The summed E-state index contributed by atoms with van der Waals surface area (Å²) >= 11 is 0. The summed E-state index contributed by atoms with van der Waals surface area (Å²) in [6, 6.07) is 12.3. The van der Waals surface area contributed by atoms with Gasteiger partial charge in [-0.15, -0.1) is 0 Å². The second-order valence-corrected chi connectivity index (χ2v) is 13.9. The SMILES string of the molecule is CN(C)C(=O)Nc1nc2ccc(S(=O)(=O)N(C[C@@H](O)[C@H](Cc3ccccc3)NC(=O)OC(C)(C)C)OC3CCCC3)cc2[nH]1. The zero-order valence-electron chi connectivity index (χ0n) is 25.7. The number of ether oxygens (including phenoxy) is 1. The molecule has 0 saturated heterocycles. The summed E-state index contributed by atoms with van der Waals surface area (Å²) in [6.45, 7) is 4.75. The second kappa shape index (κ2) is 13.9. The third-order valence-corrected chi connectivity index (χ3v) is 8.64. The molecule has 3 aromatic rings. The fourth-order valence-corrected chi connectivity index (χ4v) is 6.11. The smallest absolute Gasteiger partial charge is 0.407 e. The number of nitrogens with one attached hydrogen (secondary N) is 3. The number of anilines is 1. The molecule has 13 nitrogen and oxygen atoms in total. The fraction of sp³-hybridized carbons (Fsp3) is 0.500. The van der Waals surface area contributed by atoms with Crippen molar-refractivity contribution < 1.29 is 32.7 Å². The number of amides is 3. The molecule has 0 bridgehead atoms. The highest BCUT2D eigenvalue weighted by Crippen LogP contribution is 2.28. The Kier molecular flexibility index (Phi) is 10.5. The maximum atomic E-state index is 14.0. The number of carbonyl (C=O) groups excluding carboxylic acids is 2. The van der Waals surface area contributed by atoms with E-state index in [4.69, 9.17) is 9.57 Å². The van der Waals surface area contributed by atoms with Crippen molar-refractivity contribution in [3.05, 3.63) is 54.1 Å². The standard InChI is InChI=1S/C30H42N6O7S/c1-30(2,3)42-29(39)33-25(17-20-11-7-6-8-12-20)26(37)19-36(43-21-13-9-10-14-21)44(40,41)22-15-16-23-24(18-22)32-27(31-23)34-28(38)35(4)5/h6-8,11-12,15-16,18,21,25-26,37H,9-10,13-14,17,19H2,1-5H3,(H,33,39)(H2,31,32,34,38)/t25-,26+/m0/s1. The number of nitrogens with zero attached hydrogens (tertiary/aromatic N) is 3. The summed E-state index contributed by atoms with van der Waals surface area (Å²) in [7, 11) is -1.13. The molecule has 1 aliphatic rings. The van der Waals surface area contributed by atoms with Crippen molar-refractivity contribution in [2.45, 2.75) is 81.6 Å². The van der Waals surface area contributed by atoms with Crippen LogP contribution in [0.25, 0.3) is 11.0 Å². The van der Waals surface area contributed by atoms with Gasteiger partial charge in [-0.1, -0.05) is 47.6 Å². The molecule has 1 saturated carbocycles. The second-order valence-electron chi connectivity index (χ2n) is 12.1. The molecule has 240 valence electrons. The van der Waals surface area contributed by atoms with Gasteiger partial charge in [-0.3, -0.25) is 10.2 Å². The Balaban J connectivity index is 1.61. The van der Waals surface area contributed by atoms with Crippen LogP contribution < -0.4 is 10.6 Å². The quantitative estimate of drug-likeness (QED) is 0.231. The number of rotatable bonds is 11. The highest BCUT2D eigenvalue weighted by molar-refractivity contribution is 7.89. The van der Waals surface area contributed by atoms with E-state index in [0.717, 1.165) is 22.9 Å². The van der Waals surface area contributed by atoms with Gasteiger partial charge in [0.2, 0.25) is 5.95 Å². The lowest BCUT2D eigenvalue weighted by Crippen LogP contribution is -2.51. The summed E-state index contributed by atoms with van der Waals surface area (Å²) in [4.78, 5) is 39.3. The van der Waals surface area contributed by atoms with Crippen molar-refractivity contribution in [3.8, 4) is 0 Å². The summed E-state index contributed by atoms with van der Waals surface area (Å²) in [6.07, 6.45) is 0.958.